The zero-order valence-corrected chi connectivity index (χ0v) is 9.51. The molecule has 0 saturated heterocycles. The topological polar surface area (TPSA) is 26.0 Å². The highest BCUT2D eigenvalue weighted by Crippen LogP contribution is 2.20. The van der Waals surface area contributed by atoms with Crippen molar-refractivity contribution in [3.63, 3.8) is 0 Å². The third kappa shape index (κ3) is 2.98. The van der Waals surface area contributed by atoms with Gasteiger partial charge >= 0.3 is 0 Å². The van der Waals surface area contributed by atoms with Gasteiger partial charge in [-0.25, -0.2) is 0 Å². The fraction of sp³-hybridized carbons (Fsp3) is 0.273. The molecule has 0 saturated carbocycles. The first-order valence-electron chi connectivity index (χ1n) is 4.30. The highest BCUT2D eigenvalue weighted by molar-refractivity contribution is 9.10. The van der Waals surface area contributed by atoms with Crippen LogP contribution >= 0.6 is 15.9 Å². The summed E-state index contributed by atoms with van der Waals surface area (Å²) in [5.41, 5.74) is 8.09. The Morgan fingerprint density at radius 1 is 1.46 bits per heavy atom. The first-order valence-corrected chi connectivity index (χ1v) is 5.09. The fourth-order valence-corrected chi connectivity index (χ4v) is 1.44. The molecule has 70 valence electrons. The molecule has 0 spiro atoms. The second-order valence-corrected chi connectivity index (χ2v) is 4.03. The molecule has 1 aromatic carbocycles. The van der Waals surface area contributed by atoms with Gasteiger partial charge in [-0.2, -0.15) is 0 Å². The zero-order chi connectivity index (χ0) is 9.84. The molecule has 13 heavy (non-hydrogen) atoms. The Labute approximate surface area is 87.8 Å². The van der Waals surface area contributed by atoms with Crippen LogP contribution in [-0.4, -0.2) is 6.04 Å². The molecule has 0 radical (unpaired) electrons. The third-order valence-corrected chi connectivity index (χ3v) is 2.75. The third-order valence-electron chi connectivity index (χ3n) is 1.89. The van der Waals surface area contributed by atoms with Crippen LogP contribution in [0.5, 0.6) is 0 Å². The van der Waals surface area contributed by atoms with Gasteiger partial charge in [-0.3, -0.25) is 0 Å². The van der Waals surface area contributed by atoms with Crippen LogP contribution in [0.25, 0.3) is 6.08 Å². The molecule has 2 N–H and O–H groups in total. The van der Waals surface area contributed by atoms with E-state index in [9.17, 15) is 0 Å². The van der Waals surface area contributed by atoms with Gasteiger partial charge in [-0.1, -0.05) is 40.2 Å². The van der Waals surface area contributed by atoms with Gasteiger partial charge in [-0.05, 0) is 31.0 Å². The largest absolute Gasteiger partial charge is 0.325 e. The lowest BCUT2D eigenvalue weighted by atomic mass is 10.1. The summed E-state index contributed by atoms with van der Waals surface area (Å²) < 4.78 is 1.14. The van der Waals surface area contributed by atoms with Crippen molar-refractivity contribution in [2.45, 2.75) is 19.9 Å². The summed E-state index contributed by atoms with van der Waals surface area (Å²) in [5, 5.41) is 0. The van der Waals surface area contributed by atoms with Crippen LogP contribution in [0.2, 0.25) is 0 Å². The number of nitrogens with two attached hydrogens (primary N) is 1. The lowest BCUT2D eigenvalue weighted by Gasteiger charge is -2.02. The van der Waals surface area contributed by atoms with Crippen molar-refractivity contribution < 1.29 is 0 Å². The van der Waals surface area contributed by atoms with Crippen molar-refractivity contribution in [2.75, 3.05) is 0 Å². The number of halogens is 1. The van der Waals surface area contributed by atoms with Crippen molar-refractivity contribution in [3.8, 4) is 0 Å². The Kier molecular flexibility index (Phi) is 3.70. The number of rotatable bonds is 2. The summed E-state index contributed by atoms with van der Waals surface area (Å²) >= 11 is 3.49. The minimum atomic E-state index is 0.110. The van der Waals surface area contributed by atoms with Gasteiger partial charge in [-0.15, -0.1) is 0 Å². The van der Waals surface area contributed by atoms with Gasteiger partial charge < -0.3 is 5.73 Å². The van der Waals surface area contributed by atoms with Crippen molar-refractivity contribution in [1.29, 1.82) is 0 Å². The van der Waals surface area contributed by atoms with Crippen molar-refractivity contribution in [2.24, 2.45) is 5.73 Å². The van der Waals surface area contributed by atoms with E-state index in [0.29, 0.717) is 0 Å². The summed E-state index contributed by atoms with van der Waals surface area (Å²) in [6.07, 6.45) is 4.06. The highest BCUT2D eigenvalue weighted by Gasteiger charge is 1.97. The Morgan fingerprint density at radius 2 is 2.15 bits per heavy atom. The summed E-state index contributed by atoms with van der Waals surface area (Å²) in [5.74, 6) is 0. The van der Waals surface area contributed by atoms with Crippen LogP contribution in [0.4, 0.5) is 0 Å². The van der Waals surface area contributed by atoms with Gasteiger partial charge in [0.1, 0.15) is 0 Å². The van der Waals surface area contributed by atoms with E-state index in [0.717, 1.165) is 4.47 Å². The van der Waals surface area contributed by atoms with E-state index >= 15 is 0 Å². The first-order chi connectivity index (χ1) is 6.11. The summed E-state index contributed by atoms with van der Waals surface area (Å²) in [6.45, 7) is 4.05. The maximum absolute atomic E-state index is 5.63. The number of hydrogen-bond acceptors (Lipinski definition) is 1. The molecular weight excluding hydrogens is 226 g/mol. The molecule has 0 aliphatic heterocycles. The van der Waals surface area contributed by atoms with E-state index in [1.165, 1.54) is 11.1 Å². The van der Waals surface area contributed by atoms with Crippen LogP contribution in [0, 0.1) is 6.92 Å². The normalized spacial score (nSPS) is 13.5. The zero-order valence-electron chi connectivity index (χ0n) is 7.92. The molecule has 1 aromatic rings. The molecule has 0 aromatic heterocycles. The summed E-state index contributed by atoms with van der Waals surface area (Å²) in [4.78, 5) is 0. The van der Waals surface area contributed by atoms with Crippen LogP contribution in [0.1, 0.15) is 18.1 Å². The standard InChI is InChI=1S/C11H14BrN/c1-8(13)6-7-10-4-3-5-11(12)9(10)2/h3-8H,13H2,1-2H3/b7-6+. The second kappa shape index (κ2) is 4.58. The van der Waals surface area contributed by atoms with Crippen LogP contribution in [0.15, 0.2) is 28.7 Å². The van der Waals surface area contributed by atoms with Crippen LogP contribution in [-0.2, 0) is 0 Å². The van der Waals surface area contributed by atoms with Gasteiger partial charge in [0, 0.05) is 10.5 Å². The van der Waals surface area contributed by atoms with E-state index in [-0.39, 0.29) is 6.04 Å². The predicted molar refractivity (Wildman–Crippen MR) is 61.6 cm³/mol. The minimum Gasteiger partial charge on any atom is -0.325 e. The van der Waals surface area contributed by atoms with Gasteiger partial charge in [0.2, 0.25) is 0 Å². The Balaban J connectivity index is 2.95. The van der Waals surface area contributed by atoms with Crippen LogP contribution < -0.4 is 5.73 Å². The molecule has 1 rings (SSSR count). The maximum Gasteiger partial charge on any atom is 0.0210 e. The fourth-order valence-electron chi connectivity index (χ4n) is 1.06. The molecule has 1 nitrogen and oxygen atoms in total. The van der Waals surface area contributed by atoms with E-state index in [1.807, 2.05) is 25.1 Å². The molecule has 0 fully saturated rings. The highest BCUT2D eigenvalue weighted by atomic mass is 79.9. The average molecular weight is 240 g/mol. The average Bonchev–Trinajstić information content (AvgIpc) is 2.07. The number of hydrogen-bond donors (Lipinski definition) is 1. The van der Waals surface area contributed by atoms with Gasteiger partial charge in [0.05, 0.1) is 0 Å². The minimum absolute atomic E-state index is 0.110. The lowest BCUT2D eigenvalue weighted by molar-refractivity contribution is 0.930. The van der Waals surface area contributed by atoms with Crippen LogP contribution in [0.3, 0.4) is 0 Å². The molecule has 0 aliphatic carbocycles. The van der Waals surface area contributed by atoms with E-state index in [1.54, 1.807) is 0 Å². The predicted octanol–water partition coefficient (Wildman–Crippen LogP) is 3.12. The molecule has 1 atom stereocenters. The molecule has 0 aliphatic rings. The summed E-state index contributed by atoms with van der Waals surface area (Å²) in [6, 6.07) is 6.26. The SMILES string of the molecule is Cc1c(Br)cccc1/C=C/C(C)N. The second-order valence-electron chi connectivity index (χ2n) is 3.17. The van der Waals surface area contributed by atoms with Crippen molar-refractivity contribution in [1.82, 2.24) is 0 Å². The molecule has 2 heteroatoms. The Hall–Kier alpha value is -0.600. The van der Waals surface area contributed by atoms with Gasteiger partial charge in [0.15, 0.2) is 0 Å². The molecule has 0 amide bonds. The molecule has 1 unspecified atom stereocenters. The Bertz CT molecular complexity index is 316. The summed E-state index contributed by atoms with van der Waals surface area (Å²) in [7, 11) is 0. The van der Waals surface area contributed by atoms with Crippen molar-refractivity contribution in [3.05, 3.63) is 39.9 Å². The first kappa shape index (κ1) is 10.5. The lowest BCUT2D eigenvalue weighted by Crippen LogP contribution is -2.09. The van der Waals surface area contributed by atoms with Crippen molar-refractivity contribution >= 4 is 22.0 Å². The monoisotopic (exact) mass is 239 g/mol. The molecular formula is C11H14BrN. The van der Waals surface area contributed by atoms with E-state index in [2.05, 4.69) is 35.0 Å². The molecule has 0 heterocycles. The smallest absolute Gasteiger partial charge is 0.0210 e. The molecule has 0 bridgehead atoms. The maximum atomic E-state index is 5.63. The quantitative estimate of drug-likeness (QED) is 0.844. The van der Waals surface area contributed by atoms with Gasteiger partial charge in [0.25, 0.3) is 0 Å². The Morgan fingerprint density at radius 3 is 2.77 bits per heavy atom. The van der Waals surface area contributed by atoms with E-state index < -0.39 is 0 Å². The number of benzene rings is 1. The van der Waals surface area contributed by atoms with E-state index in [4.69, 9.17) is 5.73 Å².